The zero-order valence-electron chi connectivity index (χ0n) is 12.9. The van der Waals surface area contributed by atoms with Gasteiger partial charge in [0.25, 0.3) is 0 Å². The Bertz CT molecular complexity index is 494. The van der Waals surface area contributed by atoms with Crippen LogP contribution in [0.3, 0.4) is 0 Å². The number of benzene rings is 1. The van der Waals surface area contributed by atoms with Gasteiger partial charge in [0.05, 0.1) is 6.04 Å². The van der Waals surface area contributed by atoms with Gasteiger partial charge in [0.15, 0.2) is 5.78 Å². The minimum Gasteiger partial charge on any atom is -0.445 e. The van der Waals surface area contributed by atoms with Gasteiger partial charge in [0, 0.05) is 0 Å². The Kier molecular flexibility index (Phi) is 6.66. The van der Waals surface area contributed by atoms with Crippen LogP contribution in [0.15, 0.2) is 42.5 Å². The SMILES string of the molecule is C=C(C)C(=O)[C@H](CC(C)C)NC(=O)OCc1ccccc1. The molecule has 0 heterocycles. The van der Waals surface area contributed by atoms with E-state index in [4.69, 9.17) is 4.74 Å². The van der Waals surface area contributed by atoms with Crippen molar-refractivity contribution in [3.63, 3.8) is 0 Å². The van der Waals surface area contributed by atoms with E-state index in [-0.39, 0.29) is 18.3 Å². The van der Waals surface area contributed by atoms with Crippen LogP contribution in [0.4, 0.5) is 4.79 Å². The molecule has 0 aliphatic carbocycles. The summed E-state index contributed by atoms with van der Waals surface area (Å²) in [5, 5.41) is 2.63. The van der Waals surface area contributed by atoms with E-state index in [9.17, 15) is 9.59 Å². The predicted molar refractivity (Wildman–Crippen MR) is 82.8 cm³/mol. The van der Waals surface area contributed by atoms with Gasteiger partial charge in [0.2, 0.25) is 0 Å². The molecule has 0 spiro atoms. The number of rotatable bonds is 7. The molecule has 1 N–H and O–H groups in total. The van der Waals surface area contributed by atoms with Crippen LogP contribution in [0.5, 0.6) is 0 Å². The van der Waals surface area contributed by atoms with Crippen molar-refractivity contribution in [1.29, 1.82) is 0 Å². The second-order valence-electron chi connectivity index (χ2n) is 5.53. The highest BCUT2D eigenvalue weighted by Crippen LogP contribution is 2.10. The van der Waals surface area contributed by atoms with Crippen molar-refractivity contribution >= 4 is 11.9 Å². The predicted octanol–water partition coefficient (Wildman–Crippen LogP) is 3.47. The summed E-state index contributed by atoms with van der Waals surface area (Å²) in [4.78, 5) is 23.8. The van der Waals surface area contributed by atoms with E-state index in [1.807, 2.05) is 44.2 Å². The lowest BCUT2D eigenvalue weighted by atomic mass is 9.97. The van der Waals surface area contributed by atoms with Gasteiger partial charge in [-0.15, -0.1) is 0 Å². The number of hydrogen-bond donors (Lipinski definition) is 1. The van der Waals surface area contributed by atoms with Crippen molar-refractivity contribution in [3.8, 4) is 0 Å². The number of ketones is 1. The summed E-state index contributed by atoms with van der Waals surface area (Å²) < 4.78 is 5.14. The van der Waals surface area contributed by atoms with Crippen LogP contribution in [0.25, 0.3) is 0 Å². The highest BCUT2D eigenvalue weighted by atomic mass is 16.5. The molecule has 21 heavy (non-hydrogen) atoms. The number of alkyl carbamates (subject to hydrolysis) is 1. The van der Waals surface area contributed by atoms with Gasteiger partial charge < -0.3 is 10.1 Å². The first kappa shape index (κ1) is 17.0. The lowest BCUT2D eigenvalue weighted by Crippen LogP contribution is -2.42. The summed E-state index contributed by atoms with van der Waals surface area (Å²) in [6.07, 6.45) is -0.0225. The Labute approximate surface area is 126 Å². The van der Waals surface area contributed by atoms with Crippen molar-refractivity contribution in [2.45, 2.75) is 39.8 Å². The Balaban J connectivity index is 2.55. The van der Waals surface area contributed by atoms with E-state index in [0.29, 0.717) is 12.0 Å². The van der Waals surface area contributed by atoms with Crippen LogP contribution in [0.2, 0.25) is 0 Å². The van der Waals surface area contributed by atoms with Crippen molar-refractivity contribution in [2.75, 3.05) is 0 Å². The number of hydrogen-bond acceptors (Lipinski definition) is 3. The third-order valence-corrected chi connectivity index (χ3v) is 2.95. The molecule has 0 fully saturated rings. The molecule has 1 amide bonds. The summed E-state index contributed by atoms with van der Waals surface area (Å²) in [7, 11) is 0. The van der Waals surface area contributed by atoms with Crippen molar-refractivity contribution in [3.05, 3.63) is 48.0 Å². The van der Waals surface area contributed by atoms with E-state index >= 15 is 0 Å². The maximum absolute atomic E-state index is 12.0. The Morgan fingerprint density at radius 2 is 1.86 bits per heavy atom. The molecule has 0 saturated carbocycles. The van der Waals surface area contributed by atoms with E-state index < -0.39 is 12.1 Å². The highest BCUT2D eigenvalue weighted by Gasteiger charge is 2.22. The number of carbonyl (C=O) groups excluding carboxylic acids is 2. The van der Waals surface area contributed by atoms with Crippen molar-refractivity contribution in [2.24, 2.45) is 5.92 Å². The molecule has 0 bridgehead atoms. The number of nitrogens with one attached hydrogen (secondary N) is 1. The first-order chi connectivity index (χ1) is 9.90. The third kappa shape index (κ3) is 6.25. The molecule has 0 saturated heterocycles. The van der Waals surface area contributed by atoms with Gasteiger partial charge >= 0.3 is 6.09 Å². The standard InChI is InChI=1S/C17H23NO3/c1-12(2)10-15(16(19)13(3)4)18-17(20)21-11-14-8-6-5-7-9-14/h5-9,12,15H,3,10-11H2,1-2,4H3,(H,18,20)/t15-/m0/s1. The molecule has 1 atom stereocenters. The van der Waals surface area contributed by atoms with Gasteiger partial charge in [-0.3, -0.25) is 4.79 Å². The summed E-state index contributed by atoms with van der Waals surface area (Å²) in [6.45, 7) is 9.46. The summed E-state index contributed by atoms with van der Waals surface area (Å²) in [5.41, 5.74) is 1.34. The highest BCUT2D eigenvalue weighted by molar-refractivity contribution is 5.99. The van der Waals surface area contributed by atoms with Gasteiger partial charge in [-0.2, -0.15) is 0 Å². The number of carbonyl (C=O) groups is 2. The average molecular weight is 289 g/mol. The number of amides is 1. The molecule has 1 aromatic rings. The molecule has 0 aromatic heterocycles. The van der Waals surface area contributed by atoms with Crippen LogP contribution in [-0.4, -0.2) is 17.9 Å². The fourth-order valence-electron chi connectivity index (χ4n) is 1.91. The molecule has 0 aliphatic rings. The van der Waals surface area contributed by atoms with Crippen LogP contribution in [0, 0.1) is 5.92 Å². The summed E-state index contributed by atoms with van der Waals surface area (Å²) >= 11 is 0. The van der Waals surface area contributed by atoms with Gasteiger partial charge in [-0.05, 0) is 30.4 Å². The van der Waals surface area contributed by atoms with Crippen LogP contribution in [-0.2, 0) is 16.1 Å². The molecule has 1 rings (SSSR count). The first-order valence-corrected chi connectivity index (χ1v) is 7.07. The quantitative estimate of drug-likeness (QED) is 0.782. The second kappa shape index (κ2) is 8.25. The average Bonchev–Trinajstić information content (AvgIpc) is 2.44. The van der Waals surface area contributed by atoms with Crippen LogP contribution in [0.1, 0.15) is 32.8 Å². The Hall–Kier alpha value is -2.10. The van der Waals surface area contributed by atoms with E-state index in [1.165, 1.54) is 0 Å². The van der Waals surface area contributed by atoms with E-state index in [1.54, 1.807) is 6.92 Å². The number of ether oxygens (including phenoxy) is 1. The van der Waals surface area contributed by atoms with E-state index in [0.717, 1.165) is 5.56 Å². The van der Waals surface area contributed by atoms with Gasteiger partial charge in [0.1, 0.15) is 6.61 Å². The maximum atomic E-state index is 12.0. The maximum Gasteiger partial charge on any atom is 0.408 e. The van der Waals surface area contributed by atoms with Crippen LogP contribution >= 0.6 is 0 Å². The smallest absolute Gasteiger partial charge is 0.408 e. The minimum atomic E-state index is -0.584. The molecule has 114 valence electrons. The Morgan fingerprint density at radius 1 is 1.24 bits per heavy atom. The van der Waals surface area contributed by atoms with Crippen molar-refractivity contribution < 1.29 is 14.3 Å². The summed E-state index contributed by atoms with van der Waals surface area (Å²) in [6, 6.07) is 8.82. The minimum absolute atomic E-state index is 0.152. The van der Waals surface area contributed by atoms with Crippen LogP contribution < -0.4 is 5.32 Å². The molecule has 0 radical (unpaired) electrons. The summed E-state index contributed by atoms with van der Waals surface area (Å²) in [5.74, 6) is 0.132. The molecular weight excluding hydrogens is 266 g/mol. The molecule has 4 nitrogen and oxygen atoms in total. The normalized spacial score (nSPS) is 11.8. The zero-order valence-corrected chi connectivity index (χ0v) is 12.9. The lowest BCUT2D eigenvalue weighted by Gasteiger charge is -2.19. The second-order valence-corrected chi connectivity index (χ2v) is 5.53. The zero-order chi connectivity index (χ0) is 15.8. The lowest BCUT2D eigenvalue weighted by molar-refractivity contribution is -0.117. The topological polar surface area (TPSA) is 55.4 Å². The molecule has 0 aliphatic heterocycles. The largest absolute Gasteiger partial charge is 0.445 e. The molecular formula is C17H23NO3. The van der Waals surface area contributed by atoms with E-state index in [2.05, 4.69) is 11.9 Å². The molecule has 0 unspecified atom stereocenters. The number of Topliss-reactive ketones (excluding diaryl/α,β-unsaturated/α-hetero) is 1. The molecule has 4 heteroatoms. The van der Waals surface area contributed by atoms with Gasteiger partial charge in [-0.25, -0.2) is 4.79 Å². The molecule has 1 aromatic carbocycles. The van der Waals surface area contributed by atoms with Crippen molar-refractivity contribution in [1.82, 2.24) is 5.32 Å². The third-order valence-electron chi connectivity index (χ3n) is 2.95. The Morgan fingerprint density at radius 3 is 2.38 bits per heavy atom. The fraction of sp³-hybridized carbons (Fsp3) is 0.412. The van der Waals surface area contributed by atoms with Gasteiger partial charge in [-0.1, -0.05) is 50.8 Å². The first-order valence-electron chi connectivity index (χ1n) is 7.07. The monoisotopic (exact) mass is 289 g/mol. The fourth-order valence-corrected chi connectivity index (χ4v) is 1.91.